The highest BCUT2D eigenvalue weighted by Gasteiger charge is 2.15. The van der Waals surface area contributed by atoms with Gasteiger partial charge in [0.25, 0.3) is 0 Å². The number of hydrogen-bond donors (Lipinski definition) is 0. The molecule has 0 aliphatic heterocycles. The molecule has 0 atom stereocenters. The third kappa shape index (κ3) is 2.42. The second kappa shape index (κ2) is 5.53. The topological polar surface area (TPSA) is 30.7 Å². The standard InChI is InChI=1S/C13H7BrCl3N3/c14-7-3-10-13(18-6-7)20(12(5-15)19-10)11-4-8(16)1-2-9(11)17/h1-4,6H,5H2. The van der Waals surface area contributed by atoms with Crippen LogP contribution in [0.4, 0.5) is 0 Å². The Morgan fingerprint density at radius 1 is 1.20 bits per heavy atom. The van der Waals surface area contributed by atoms with Crippen molar-refractivity contribution in [1.82, 2.24) is 14.5 Å². The van der Waals surface area contributed by atoms with Gasteiger partial charge in [-0.2, -0.15) is 0 Å². The van der Waals surface area contributed by atoms with E-state index >= 15 is 0 Å². The summed E-state index contributed by atoms with van der Waals surface area (Å²) in [7, 11) is 0. The Kier molecular flexibility index (Phi) is 3.91. The molecular weight excluding hydrogens is 384 g/mol. The van der Waals surface area contributed by atoms with Crippen LogP contribution in [0.25, 0.3) is 16.9 Å². The monoisotopic (exact) mass is 389 g/mol. The minimum atomic E-state index is 0.247. The van der Waals surface area contributed by atoms with Crippen molar-refractivity contribution in [2.24, 2.45) is 0 Å². The van der Waals surface area contributed by atoms with E-state index in [0.29, 0.717) is 27.2 Å². The second-order valence-electron chi connectivity index (χ2n) is 4.09. The lowest BCUT2D eigenvalue weighted by molar-refractivity contribution is 0.970. The summed E-state index contributed by atoms with van der Waals surface area (Å²) in [5, 5.41) is 1.15. The van der Waals surface area contributed by atoms with Gasteiger partial charge in [0.2, 0.25) is 0 Å². The fourth-order valence-corrected chi connectivity index (χ4v) is 2.85. The largest absolute Gasteiger partial charge is 0.278 e. The normalized spacial score (nSPS) is 11.2. The van der Waals surface area contributed by atoms with Crippen LogP contribution >= 0.6 is 50.7 Å². The minimum absolute atomic E-state index is 0.247. The number of nitrogens with zero attached hydrogens (tertiary/aromatic N) is 3. The number of alkyl halides is 1. The average molecular weight is 391 g/mol. The number of pyridine rings is 1. The van der Waals surface area contributed by atoms with Crippen LogP contribution < -0.4 is 0 Å². The van der Waals surface area contributed by atoms with Crippen LogP contribution in [-0.2, 0) is 5.88 Å². The number of rotatable bonds is 2. The summed E-state index contributed by atoms with van der Waals surface area (Å²) >= 11 is 21.7. The zero-order valence-corrected chi connectivity index (χ0v) is 13.8. The van der Waals surface area contributed by atoms with E-state index in [1.807, 2.05) is 10.6 Å². The van der Waals surface area contributed by atoms with Crippen molar-refractivity contribution in [2.75, 3.05) is 0 Å². The summed E-state index contributed by atoms with van der Waals surface area (Å²) in [5.74, 6) is 0.910. The number of halogens is 4. The third-order valence-electron chi connectivity index (χ3n) is 2.80. The minimum Gasteiger partial charge on any atom is -0.278 e. The van der Waals surface area contributed by atoms with Gasteiger partial charge in [-0.1, -0.05) is 23.2 Å². The van der Waals surface area contributed by atoms with Crippen molar-refractivity contribution in [3.63, 3.8) is 0 Å². The summed E-state index contributed by atoms with van der Waals surface area (Å²) in [4.78, 5) is 8.87. The van der Waals surface area contributed by atoms with Gasteiger partial charge in [0, 0.05) is 15.7 Å². The number of imidazole rings is 1. The van der Waals surface area contributed by atoms with E-state index in [0.717, 1.165) is 9.99 Å². The Labute approximate surface area is 138 Å². The van der Waals surface area contributed by atoms with Crippen molar-refractivity contribution >= 4 is 61.9 Å². The molecule has 7 heteroatoms. The van der Waals surface area contributed by atoms with Crippen molar-refractivity contribution in [2.45, 2.75) is 5.88 Å². The maximum Gasteiger partial charge on any atom is 0.164 e. The first-order chi connectivity index (χ1) is 9.60. The predicted molar refractivity (Wildman–Crippen MR) is 86.1 cm³/mol. The lowest BCUT2D eigenvalue weighted by atomic mass is 10.3. The molecule has 0 fully saturated rings. The molecule has 0 radical (unpaired) electrons. The van der Waals surface area contributed by atoms with Crippen LogP contribution in [0.15, 0.2) is 34.9 Å². The molecule has 0 saturated carbocycles. The first kappa shape index (κ1) is 14.1. The van der Waals surface area contributed by atoms with E-state index in [1.165, 1.54) is 0 Å². The highest BCUT2D eigenvalue weighted by Crippen LogP contribution is 2.29. The molecule has 3 rings (SSSR count). The zero-order valence-electron chi connectivity index (χ0n) is 9.95. The molecule has 0 unspecified atom stereocenters. The molecule has 20 heavy (non-hydrogen) atoms. The van der Waals surface area contributed by atoms with Gasteiger partial charge in [-0.05, 0) is 40.2 Å². The van der Waals surface area contributed by atoms with E-state index < -0.39 is 0 Å². The van der Waals surface area contributed by atoms with Gasteiger partial charge in [0.1, 0.15) is 11.3 Å². The zero-order chi connectivity index (χ0) is 14.3. The van der Waals surface area contributed by atoms with E-state index in [1.54, 1.807) is 24.4 Å². The summed E-state index contributed by atoms with van der Waals surface area (Å²) in [6.45, 7) is 0. The Morgan fingerprint density at radius 3 is 2.75 bits per heavy atom. The van der Waals surface area contributed by atoms with Gasteiger partial charge in [-0.3, -0.25) is 4.57 Å². The average Bonchev–Trinajstić information content (AvgIpc) is 2.78. The Bertz CT molecular complexity index is 801. The van der Waals surface area contributed by atoms with Crippen LogP contribution in [0.5, 0.6) is 0 Å². The molecule has 2 aromatic heterocycles. The summed E-state index contributed by atoms with van der Waals surface area (Å²) in [6, 6.07) is 7.12. The number of aromatic nitrogens is 3. The van der Waals surface area contributed by atoms with Gasteiger partial charge in [0.15, 0.2) is 5.65 Å². The van der Waals surface area contributed by atoms with Gasteiger partial charge < -0.3 is 0 Å². The van der Waals surface area contributed by atoms with Crippen LogP contribution in [0, 0.1) is 0 Å². The first-order valence-electron chi connectivity index (χ1n) is 5.64. The molecule has 2 heterocycles. The van der Waals surface area contributed by atoms with E-state index in [9.17, 15) is 0 Å². The molecular formula is C13H7BrCl3N3. The number of hydrogen-bond acceptors (Lipinski definition) is 2. The highest BCUT2D eigenvalue weighted by atomic mass is 79.9. The third-order valence-corrected chi connectivity index (χ3v) is 4.03. The lowest BCUT2D eigenvalue weighted by Gasteiger charge is -2.09. The molecule has 0 bridgehead atoms. The van der Waals surface area contributed by atoms with Gasteiger partial charge >= 0.3 is 0 Å². The molecule has 1 aromatic carbocycles. The molecule has 102 valence electrons. The lowest BCUT2D eigenvalue weighted by Crippen LogP contribution is -2.01. The van der Waals surface area contributed by atoms with Crippen LogP contribution in [0.2, 0.25) is 10.0 Å². The van der Waals surface area contributed by atoms with Crippen LogP contribution in [0.3, 0.4) is 0 Å². The molecule has 3 nitrogen and oxygen atoms in total. The second-order valence-corrected chi connectivity index (χ2v) is 6.12. The van der Waals surface area contributed by atoms with Crippen LogP contribution in [-0.4, -0.2) is 14.5 Å². The maximum absolute atomic E-state index is 6.26. The van der Waals surface area contributed by atoms with Crippen molar-refractivity contribution in [3.05, 3.63) is 50.8 Å². The predicted octanol–water partition coefficient (Wildman–Crippen LogP) is 5.23. The summed E-state index contributed by atoms with van der Waals surface area (Å²) < 4.78 is 2.68. The van der Waals surface area contributed by atoms with Crippen molar-refractivity contribution in [3.8, 4) is 5.69 Å². The van der Waals surface area contributed by atoms with E-state index in [-0.39, 0.29) is 5.88 Å². The number of fused-ring (bicyclic) bond motifs is 1. The van der Waals surface area contributed by atoms with Crippen molar-refractivity contribution < 1.29 is 0 Å². The molecule has 0 spiro atoms. The molecule has 0 N–H and O–H groups in total. The quantitative estimate of drug-likeness (QED) is 0.560. The van der Waals surface area contributed by atoms with E-state index in [2.05, 4.69) is 25.9 Å². The van der Waals surface area contributed by atoms with Crippen LogP contribution in [0.1, 0.15) is 5.82 Å². The molecule has 0 saturated heterocycles. The highest BCUT2D eigenvalue weighted by molar-refractivity contribution is 9.10. The van der Waals surface area contributed by atoms with Gasteiger partial charge in [-0.15, -0.1) is 11.6 Å². The number of benzene rings is 1. The molecule has 0 amide bonds. The molecule has 0 aliphatic carbocycles. The summed E-state index contributed by atoms with van der Waals surface area (Å²) in [6.07, 6.45) is 1.71. The van der Waals surface area contributed by atoms with E-state index in [4.69, 9.17) is 34.8 Å². The smallest absolute Gasteiger partial charge is 0.164 e. The van der Waals surface area contributed by atoms with Crippen molar-refractivity contribution in [1.29, 1.82) is 0 Å². The fourth-order valence-electron chi connectivity index (χ4n) is 1.99. The Morgan fingerprint density at radius 2 is 2.00 bits per heavy atom. The van der Waals surface area contributed by atoms with Gasteiger partial charge in [-0.25, -0.2) is 9.97 Å². The maximum atomic E-state index is 6.26. The Balaban J connectivity index is 2.37. The van der Waals surface area contributed by atoms with Gasteiger partial charge in [0.05, 0.1) is 16.6 Å². The molecule has 3 aromatic rings. The summed E-state index contributed by atoms with van der Waals surface area (Å²) in [5.41, 5.74) is 2.14. The SMILES string of the molecule is ClCc1nc2cc(Br)cnc2n1-c1cc(Cl)ccc1Cl. The Hall–Kier alpha value is -0.810. The molecule has 0 aliphatic rings. The fraction of sp³-hybridized carbons (Fsp3) is 0.0769. The first-order valence-corrected chi connectivity index (χ1v) is 7.73.